The molecule has 28 heavy (non-hydrogen) atoms. The van der Waals surface area contributed by atoms with Crippen molar-refractivity contribution < 1.29 is 0 Å². The van der Waals surface area contributed by atoms with Gasteiger partial charge in [0, 0.05) is 22.5 Å². The average molecular weight is 394 g/mol. The molecule has 0 aliphatic carbocycles. The van der Waals surface area contributed by atoms with Crippen LogP contribution in [0.25, 0.3) is 0 Å². The van der Waals surface area contributed by atoms with Gasteiger partial charge >= 0.3 is 0 Å². The summed E-state index contributed by atoms with van der Waals surface area (Å²) in [5.41, 5.74) is 4.59. The van der Waals surface area contributed by atoms with Crippen LogP contribution in [0.15, 0.2) is 58.3 Å². The van der Waals surface area contributed by atoms with E-state index in [1.54, 1.807) is 23.6 Å². The third-order valence-electron chi connectivity index (χ3n) is 4.83. The summed E-state index contributed by atoms with van der Waals surface area (Å²) in [5.74, 6) is 0.985. The number of halogens is 1. The fraction of sp³-hybridized carbons (Fsp3) is 0.190. The Morgan fingerprint density at radius 3 is 2.61 bits per heavy atom. The molecular weight excluding hydrogens is 374 g/mol. The molecule has 1 atom stereocenters. The van der Waals surface area contributed by atoms with Crippen LogP contribution in [-0.2, 0) is 0 Å². The molecule has 0 amide bonds. The first-order valence-corrected chi connectivity index (χ1v) is 9.34. The highest BCUT2D eigenvalue weighted by molar-refractivity contribution is 6.30. The van der Waals surface area contributed by atoms with Gasteiger partial charge in [0.05, 0.1) is 0 Å². The van der Waals surface area contributed by atoms with Crippen LogP contribution in [0.1, 0.15) is 28.6 Å². The number of aliphatic imine (C=N–C) groups is 1. The number of nitrogens with one attached hydrogen (secondary N) is 2. The Hall–Kier alpha value is -3.12. The molecule has 1 aliphatic heterocycles. The van der Waals surface area contributed by atoms with Crippen LogP contribution in [0, 0.1) is 20.8 Å². The minimum absolute atomic E-state index is 0.163. The maximum absolute atomic E-state index is 12.7. The molecule has 2 heterocycles. The Balaban J connectivity index is 1.81. The van der Waals surface area contributed by atoms with E-state index in [1.165, 1.54) is 11.6 Å². The van der Waals surface area contributed by atoms with Gasteiger partial charge in [-0.2, -0.15) is 0 Å². The lowest BCUT2D eigenvalue weighted by molar-refractivity contribution is 0.577. The molecule has 0 unspecified atom stereocenters. The molecular formula is C21H20ClN5O. The zero-order valence-corrected chi connectivity index (χ0v) is 16.6. The first-order chi connectivity index (χ1) is 13.4. The third-order valence-corrected chi connectivity index (χ3v) is 5.08. The molecule has 0 saturated heterocycles. The first-order valence-electron chi connectivity index (χ1n) is 8.96. The number of hydrogen-bond acceptors (Lipinski definition) is 5. The minimum atomic E-state index is -0.540. The van der Waals surface area contributed by atoms with E-state index >= 15 is 0 Å². The van der Waals surface area contributed by atoms with Crippen molar-refractivity contribution in [2.24, 2.45) is 4.99 Å². The summed E-state index contributed by atoms with van der Waals surface area (Å²) in [6, 6.07) is 14.9. The van der Waals surface area contributed by atoms with Gasteiger partial charge in [0.25, 0.3) is 5.56 Å². The van der Waals surface area contributed by atoms with Crippen LogP contribution in [0.3, 0.4) is 0 Å². The molecule has 0 fully saturated rings. The monoisotopic (exact) mass is 393 g/mol. The van der Waals surface area contributed by atoms with Crippen molar-refractivity contribution in [2.45, 2.75) is 26.9 Å². The maximum Gasteiger partial charge on any atom is 0.257 e. The van der Waals surface area contributed by atoms with Gasteiger partial charge in [-0.05, 0) is 55.7 Å². The van der Waals surface area contributed by atoms with E-state index in [2.05, 4.69) is 35.5 Å². The van der Waals surface area contributed by atoms with Gasteiger partial charge < -0.3 is 5.32 Å². The fourth-order valence-corrected chi connectivity index (χ4v) is 3.31. The summed E-state index contributed by atoms with van der Waals surface area (Å²) >= 11 is 6.03. The van der Waals surface area contributed by atoms with Gasteiger partial charge in [0.2, 0.25) is 11.9 Å². The second-order valence-electron chi connectivity index (χ2n) is 6.83. The molecule has 0 spiro atoms. The lowest BCUT2D eigenvalue weighted by atomic mass is 10.1. The molecule has 2 aromatic carbocycles. The van der Waals surface area contributed by atoms with Gasteiger partial charge in [-0.3, -0.25) is 14.7 Å². The van der Waals surface area contributed by atoms with Gasteiger partial charge in [0.1, 0.15) is 0 Å². The fourth-order valence-electron chi connectivity index (χ4n) is 3.18. The molecule has 6 nitrogen and oxygen atoms in total. The number of aromatic nitrogens is 2. The number of rotatable bonds is 2. The van der Waals surface area contributed by atoms with Crippen molar-refractivity contribution in [3.8, 4) is 0 Å². The summed E-state index contributed by atoms with van der Waals surface area (Å²) < 4.78 is 1.55. The lowest BCUT2D eigenvalue weighted by Crippen LogP contribution is -2.37. The SMILES string of the molecule is Cc1cc(=O)n2c(n1)NC(Nc1cccc(C)c1C)=N[C@H]2c1ccc(Cl)cc1. The molecule has 1 aromatic heterocycles. The number of guanidine groups is 1. The number of anilines is 2. The highest BCUT2D eigenvalue weighted by atomic mass is 35.5. The molecule has 142 valence electrons. The zero-order chi connectivity index (χ0) is 19.8. The van der Waals surface area contributed by atoms with E-state index in [9.17, 15) is 4.79 Å². The Morgan fingerprint density at radius 1 is 1.11 bits per heavy atom. The molecule has 0 bridgehead atoms. The van der Waals surface area contributed by atoms with E-state index < -0.39 is 6.17 Å². The Bertz CT molecular complexity index is 1130. The van der Waals surface area contributed by atoms with Crippen molar-refractivity contribution in [3.05, 3.63) is 86.3 Å². The molecule has 3 aromatic rings. The van der Waals surface area contributed by atoms with Gasteiger partial charge in [-0.25, -0.2) is 9.98 Å². The first kappa shape index (κ1) is 18.3. The average Bonchev–Trinajstić information content (AvgIpc) is 2.65. The summed E-state index contributed by atoms with van der Waals surface area (Å²) in [4.78, 5) is 21.9. The number of hydrogen-bond donors (Lipinski definition) is 2. The predicted octanol–water partition coefficient (Wildman–Crippen LogP) is 4.26. The van der Waals surface area contributed by atoms with E-state index in [1.807, 2.05) is 24.3 Å². The van der Waals surface area contributed by atoms with Gasteiger partial charge in [-0.1, -0.05) is 35.9 Å². The van der Waals surface area contributed by atoms with Crippen LogP contribution in [0.5, 0.6) is 0 Å². The largest absolute Gasteiger partial charge is 0.326 e. The van der Waals surface area contributed by atoms with Crippen molar-refractivity contribution in [3.63, 3.8) is 0 Å². The van der Waals surface area contributed by atoms with Gasteiger partial charge in [0.15, 0.2) is 6.17 Å². The van der Waals surface area contributed by atoms with Crippen LogP contribution in [0.2, 0.25) is 5.02 Å². The van der Waals surface area contributed by atoms with Crippen LogP contribution < -0.4 is 16.2 Å². The topological polar surface area (TPSA) is 71.3 Å². The minimum Gasteiger partial charge on any atom is -0.326 e. The van der Waals surface area contributed by atoms with Crippen LogP contribution in [0.4, 0.5) is 11.6 Å². The summed E-state index contributed by atoms with van der Waals surface area (Å²) in [6.07, 6.45) is -0.540. The molecule has 0 radical (unpaired) electrons. The third kappa shape index (κ3) is 3.39. The van der Waals surface area contributed by atoms with Crippen molar-refractivity contribution in [2.75, 3.05) is 10.6 Å². The molecule has 2 N–H and O–H groups in total. The second kappa shape index (κ2) is 7.13. The summed E-state index contributed by atoms with van der Waals surface area (Å²) in [5, 5.41) is 7.12. The summed E-state index contributed by atoms with van der Waals surface area (Å²) in [6.45, 7) is 5.91. The number of benzene rings is 2. The Labute approximate surface area is 167 Å². The quantitative estimate of drug-likeness (QED) is 0.682. The van der Waals surface area contributed by atoms with Crippen molar-refractivity contribution in [1.82, 2.24) is 9.55 Å². The Morgan fingerprint density at radius 2 is 1.86 bits per heavy atom. The van der Waals surface area contributed by atoms with Gasteiger partial charge in [-0.15, -0.1) is 0 Å². The Kier molecular flexibility index (Phi) is 4.65. The van der Waals surface area contributed by atoms with Crippen LogP contribution in [-0.4, -0.2) is 15.5 Å². The number of fused-ring (bicyclic) bond motifs is 1. The molecule has 4 rings (SSSR count). The van der Waals surface area contributed by atoms with E-state index in [-0.39, 0.29) is 5.56 Å². The van der Waals surface area contributed by atoms with E-state index in [4.69, 9.17) is 16.6 Å². The van der Waals surface area contributed by atoms with E-state index in [0.717, 1.165) is 16.8 Å². The lowest BCUT2D eigenvalue weighted by Gasteiger charge is -2.27. The second-order valence-corrected chi connectivity index (χ2v) is 7.27. The maximum atomic E-state index is 12.7. The van der Waals surface area contributed by atoms with E-state index in [0.29, 0.717) is 22.6 Å². The van der Waals surface area contributed by atoms with Crippen molar-refractivity contribution in [1.29, 1.82) is 0 Å². The zero-order valence-electron chi connectivity index (χ0n) is 15.8. The number of aryl methyl sites for hydroxylation is 2. The predicted molar refractivity (Wildman–Crippen MR) is 113 cm³/mol. The van der Waals surface area contributed by atoms with Crippen molar-refractivity contribution >= 4 is 29.2 Å². The van der Waals surface area contributed by atoms with Crippen LogP contribution >= 0.6 is 11.6 Å². The molecule has 7 heteroatoms. The highest BCUT2D eigenvalue weighted by Gasteiger charge is 2.25. The summed E-state index contributed by atoms with van der Waals surface area (Å²) in [7, 11) is 0. The molecule has 0 saturated carbocycles. The highest BCUT2D eigenvalue weighted by Crippen LogP contribution is 2.27. The smallest absolute Gasteiger partial charge is 0.257 e. The number of nitrogens with zero attached hydrogens (tertiary/aromatic N) is 3. The molecule has 1 aliphatic rings. The normalized spacial score (nSPS) is 15.4. The standard InChI is InChI=1S/C21H20ClN5O/c1-12-5-4-6-17(14(12)3)24-20-25-19(15-7-9-16(22)10-8-15)27-18(28)11-13(2)23-21(27)26-20/h4-11,19H,1-3H3,(H2,23,24,25,26)/t19-/m1/s1.